The topological polar surface area (TPSA) is 85.7 Å². The molecule has 4 aromatic rings. The average Bonchev–Trinajstić information content (AvgIpc) is 3.64. The van der Waals surface area contributed by atoms with Crippen molar-refractivity contribution < 1.29 is 27.8 Å². The first-order valence-electron chi connectivity index (χ1n) is 14.6. The second-order valence-electron chi connectivity index (χ2n) is 12.4. The third-order valence-corrected chi connectivity index (χ3v) is 8.47. The molecule has 1 fully saturated rings. The molecule has 8 nitrogen and oxygen atoms in total. The van der Waals surface area contributed by atoms with Crippen LogP contribution in [0.1, 0.15) is 85.5 Å². The van der Waals surface area contributed by atoms with E-state index in [0.717, 1.165) is 40.6 Å². The lowest BCUT2D eigenvalue weighted by atomic mass is 9.97. The van der Waals surface area contributed by atoms with Gasteiger partial charge in [0.2, 0.25) is 0 Å². The lowest BCUT2D eigenvalue weighted by Gasteiger charge is -2.29. The highest BCUT2D eigenvalue weighted by Gasteiger charge is 2.42. The summed E-state index contributed by atoms with van der Waals surface area (Å²) in [6.45, 7) is 3.27. The number of hydrogen-bond acceptors (Lipinski definition) is 5. The molecule has 4 heterocycles. The number of benzene rings is 3. The largest absolute Gasteiger partial charge is 0.444 e. The van der Waals surface area contributed by atoms with Crippen molar-refractivity contribution in [1.29, 1.82) is 0 Å². The second-order valence-corrected chi connectivity index (χ2v) is 12.4. The van der Waals surface area contributed by atoms with Crippen LogP contribution < -0.4 is 10.1 Å². The minimum atomic E-state index is -3.01. The van der Waals surface area contributed by atoms with Crippen LogP contribution in [0.3, 0.4) is 0 Å². The van der Waals surface area contributed by atoms with Crippen molar-refractivity contribution in [2.24, 2.45) is 0 Å². The van der Waals surface area contributed by atoms with Crippen molar-refractivity contribution in [3.63, 3.8) is 0 Å². The number of carbonyl (C=O) groups excluding carboxylic acids is 2. The van der Waals surface area contributed by atoms with Crippen LogP contribution in [0.5, 0.6) is 5.75 Å². The minimum Gasteiger partial charge on any atom is -0.444 e. The van der Waals surface area contributed by atoms with E-state index in [2.05, 4.69) is 35.6 Å². The number of fused-ring (bicyclic) bond motifs is 9. The predicted octanol–water partition coefficient (Wildman–Crippen LogP) is 7.15. The molecule has 1 unspecified atom stereocenters. The Bertz CT molecular complexity index is 1740. The van der Waals surface area contributed by atoms with Crippen LogP contribution in [0.2, 0.25) is 0 Å². The molecule has 0 saturated carbocycles. The first-order valence-corrected chi connectivity index (χ1v) is 14.6. The number of likely N-dealkylation sites (tertiary alicyclic amines) is 1. The quantitative estimate of drug-likeness (QED) is 0.274. The zero-order valence-corrected chi connectivity index (χ0v) is 24.1. The van der Waals surface area contributed by atoms with E-state index in [1.807, 2.05) is 42.4 Å². The Morgan fingerprint density at radius 3 is 2.56 bits per heavy atom. The molecule has 1 N–H and O–H groups in total. The van der Waals surface area contributed by atoms with E-state index in [4.69, 9.17) is 14.5 Å². The van der Waals surface area contributed by atoms with Gasteiger partial charge in [0.25, 0.3) is 5.91 Å². The summed E-state index contributed by atoms with van der Waals surface area (Å²) in [5.41, 5.74) is 4.86. The summed E-state index contributed by atoms with van der Waals surface area (Å²) in [7, 11) is 0. The van der Waals surface area contributed by atoms with Gasteiger partial charge >= 0.3 is 12.7 Å². The fraction of sp³-hybridized carbons (Fsp3) is 0.364. The van der Waals surface area contributed by atoms with Crippen LogP contribution in [-0.4, -0.2) is 45.2 Å². The highest BCUT2D eigenvalue weighted by Crippen LogP contribution is 2.47. The average molecular weight is 587 g/mol. The second kappa shape index (κ2) is 10.1. The van der Waals surface area contributed by atoms with Gasteiger partial charge in [0.1, 0.15) is 17.2 Å². The molecule has 2 amide bonds. The van der Waals surface area contributed by atoms with E-state index in [-0.39, 0.29) is 29.8 Å². The fourth-order valence-corrected chi connectivity index (χ4v) is 6.74. The van der Waals surface area contributed by atoms with Crippen molar-refractivity contribution in [2.75, 3.05) is 6.54 Å². The van der Waals surface area contributed by atoms with Gasteiger partial charge in [-0.25, -0.2) is 9.78 Å². The van der Waals surface area contributed by atoms with Crippen molar-refractivity contribution in [1.82, 2.24) is 19.8 Å². The number of carbonyl (C=O) groups is 2. The van der Waals surface area contributed by atoms with Crippen molar-refractivity contribution >= 4 is 23.0 Å². The molecule has 3 atom stereocenters. The standard InChI is InChI=1S/C33H32F2N4O4/c1-33(2,3)43-32(41)38-15-5-7-24(38)19-11-9-18(10-12-19)20-13-14-22-25(16-20)39-26-17-23(29(39)36-22)37-30(40)21-6-4-8-27(28(21)26)42-31(34)35/h4,6,8-14,16,23-24,26,31H,5,7,15,17H2,1-3H3,(H,37,40)/t23-,24?,26-/m1/s1. The highest BCUT2D eigenvalue weighted by atomic mass is 19.3. The number of imidazole rings is 1. The number of ether oxygens (including phenoxy) is 2. The lowest BCUT2D eigenvalue weighted by molar-refractivity contribution is -0.0507. The summed E-state index contributed by atoms with van der Waals surface area (Å²) in [6, 6.07) is 18.1. The molecule has 3 aliphatic rings. The predicted molar refractivity (Wildman–Crippen MR) is 156 cm³/mol. The molecule has 3 aromatic carbocycles. The first-order chi connectivity index (χ1) is 20.6. The Morgan fingerprint density at radius 1 is 1.05 bits per heavy atom. The number of rotatable bonds is 4. The van der Waals surface area contributed by atoms with Crippen LogP contribution >= 0.6 is 0 Å². The third kappa shape index (κ3) is 4.78. The summed E-state index contributed by atoms with van der Waals surface area (Å²) < 4.78 is 39.3. The SMILES string of the molecule is CC(C)(C)OC(=O)N1CCCC1c1ccc(-c2ccc3nc4n(c3c2)[C@@H]2C[C@H]4NC(=O)c3cccc(OC(F)F)c32)cc1. The van der Waals surface area contributed by atoms with E-state index in [0.29, 0.717) is 29.9 Å². The van der Waals surface area contributed by atoms with Crippen LogP contribution in [0.25, 0.3) is 22.2 Å². The molecule has 0 spiro atoms. The van der Waals surface area contributed by atoms with Gasteiger partial charge in [-0.2, -0.15) is 8.78 Å². The maximum Gasteiger partial charge on any atom is 0.410 e. The smallest absolute Gasteiger partial charge is 0.410 e. The zero-order valence-electron chi connectivity index (χ0n) is 24.1. The maximum atomic E-state index is 13.3. The van der Waals surface area contributed by atoms with E-state index in [1.54, 1.807) is 12.1 Å². The number of amides is 2. The monoisotopic (exact) mass is 586 g/mol. The van der Waals surface area contributed by atoms with Gasteiger partial charge in [-0.3, -0.25) is 4.79 Å². The van der Waals surface area contributed by atoms with Crippen LogP contribution in [0.4, 0.5) is 13.6 Å². The van der Waals surface area contributed by atoms with Gasteiger partial charge < -0.3 is 24.3 Å². The van der Waals surface area contributed by atoms with Gasteiger partial charge in [-0.05, 0) is 81.0 Å². The number of alkyl halides is 2. The van der Waals surface area contributed by atoms with E-state index < -0.39 is 18.3 Å². The van der Waals surface area contributed by atoms with Gasteiger partial charge in [0, 0.05) is 17.7 Å². The number of halogens is 2. The molecule has 2 bridgehead atoms. The van der Waals surface area contributed by atoms with Gasteiger partial charge in [0.15, 0.2) is 0 Å². The molecule has 7 rings (SSSR count). The van der Waals surface area contributed by atoms with Crippen LogP contribution in [-0.2, 0) is 4.74 Å². The molecule has 1 aromatic heterocycles. The summed E-state index contributed by atoms with van der Waals surface area (Å²) in [5, 5.41) is 3.02. The van der Waals surface area contributed by atoms with Crippen molar-refractivity contribution in [3.05, 3.63) is 83.2 Å². The van der Waals surface area contributed by atoms with Crippen LogP contribution in [0, 0.1) is 0 Å². The highest BCUT2D eigenvalue weighted by molar-refractivity contribution is 5.98. The summed E-state index contributed by atoms with van der Waals surface area (Å²) >= 11 is 0. The normalized spacial score (nSPS) is 21.0. The fourth-order valence-electron chi connectivity index (χ4n) is 6.74. The summed E-state index contributed by atoms with van der Waals surface area (Å²) in [5.74, 6) is 0.373. The molecule has 1 saturated heterocycles. The van der Waals surface area contributed by atoms with E-state index in [1.165, 1.54) is 6.07 Å². The molecule has 10 heteroatoms. The molecule has 0 aliphatic carbocycles. The Morgan fingerprint density at radius 2 is 1.81 bits per heavy atom. The van der Waals surface area contributed by atoms with E-state index >= 15 is 0 Å². The molecule has 3 aliphatic heterocycles. The number of nitrogens with one attached hydrogen (secondary N) is 1. The van der Waals surface area contributed by atoms with Gasteiger partial charge in [0.05, 0.1) is 29.2 Å². The van der Waals surface area contributed by atoms with Crippen molar-refractivity contribution in [2.45, 2.75) is 70.4 Å². The minimum absolute atomic E-state index is 0.00193. The summed E-state index contributed by atoms with van der Waals surface area (Å²) in [6.07, 6.45) is 2.00. The van der Waals surface area contributed by atoms with Gasteiger partial charge in [-0.15, -0.1) is 0 Å². The molecule has 0 radical (unpaired) electrons. The van der Waals surface area contributed by atoms with Crippen LogP contribution in [0.15, 0.2) is 60.7 Å². The molecule has 43 heavy (non-hydrogen) atoms. The maximum absolute atomic E-state index is 13.3. The van der Waals surface area contributed by atoms with E-state index in [9.17, 15) is 18.4 Å². The first kappa shape index (κ1) is 27.4. The molecular formula is C33H32F2N4O4. The summed E-state index contributed by atoms with van der Waals surface area (Å²) in [4.78, 5) is 32.5. The van der Waals surface area contributed by atoms with Gasteiger partial charge in [-0.1, -0.05) is 36.4 Å². The number of nitrogens with zero attached hydrogens (tertiary/aromatic N) is 3. The number of hydrogen-bond donors (Lipinski definition) is 1. The van der Waals surface area contributed by atoms with Crippen molar-refractivity contribution in [3.8, 4) is 16.9 Å². The Kier molecular flexibility index (Phi) is 6.41. The Labute approximate surface area is 247 Å². The Balaban J connectivity index is 1.23. The third-order valence-electron chi connectivity index (χ3n) is 8.47. The lowest BCUT2D eigenvalue weighted by Crippen LogP contribution is -2.36. The zero-order chi connectivity index (χ0) is 30.0. The molecule has 222 valence electrons. The Hall–Kier alpha value is -4.47. The molecular weight excluding hydrogens is 554 g/mol. The number of aromatic nitrogens is 2.